The summed E-state index contributed by atoms with van der Waals surface area (Å²) in [6, 6.07) is 16.7. The predicted octanol–water partition coefficient (Wildman–Crippen LogP) is 3.82. The Morgan fingerprint density at radius 1 is 1.16 bits per heavy atom. The lowest BCUT2D eigenvalue weighted by atomic mass is 10.1. The van der Waals surface area contributed by atoms with Crippen molar-refractivity contribution >= 4 is 17.4 Å². The minimum Gasteiger partial charge on any atom is -0.488 e. The average Bonchev–Trinajstić information content (AvgIpc) is 2.88. The van der Waals surface area contributed by atoms with E-state index in [1.165, 1.54) is 16.1 Å². The maximum absolute atomic E-state index is 5.93. The van der Waals surface area contributed by atoms with Gasteiger partial charge in [0.15, 0.2) is 0 Å². The van der Waals surface area contributed by atoms with Crippen molar-refractivity contribution in [1.82, 2.24) is 0 Å². The minimum atomic E-state index is 0.229. The first kappa shape index (κ1) is 12.4. The van der Waals surface area contributed by atoms with Crippen molar-refractivity contribution in [1.29, 1.82) is 0 Å². The molecule has 0 radical (unpaired) electrons. The molecule has 1 N–H and O–H groups in total. The van der Waals surface area contributed by atoms with Crippen molar-refractivity contribution in [3.63, 3.8) is 0 Å². The molecule has 0 fully saturated rings. The van der Waals surface area contributed by atoms with Crippen LogP contribution >= 0.6 is 11.8 Å². The van der Waals surface area contributed by atoms with Gasteiger partial charge >= 0.3 is 0 Å². The quantitative estimate of drug-likeness (QED) is 0.854. The van der Waals surface area contributed by atoms with Crippen LogP contribution < -0.4 is 10.1 Å². The number of rotatable bonds is 4. The molecule has 0 aromatic heterocycles. The molecule has 19 heavy (non-hydrogen) atoms. The number of benzene rings is 2. The van der Waals surface area contributed by atoms with E-state index in [0.29, 0.717) is 0 Å². The number of para-hydroxylation sites is 2. The van der Waals surface area contributed by atoms with Gasteiger partial charge in [-0.1, -0.05) is 30.3 Å². The Hall–Kier alpha value is -1.61. The van der Waals surface area contributed by atoms with E-state index in [9.17, 15) is 0 Å². The number of hydrogen-bond donors (Lipinski definition) is 1. The fourth-order valence-electron chi connectivity index (χ4n) is 2.38. The molecule has 2 aromatic carbocycles. The van der Waals surface area contributed by atoms with Crippen LogP contribution in [0.25, 0.3) is 0 Å². The lowest BCUT2D eigenvalue weighted by Gasteiger charge is -2.14. The van der Waals surface area contributed by atoms with Crippen LogP contribution in [-0.2, 0) is 6.42 Å². The highest BCUT2D eigenvalue weighted by Crippen LogP contribution is 2.29. The number of ether oxygens (including phenoxy) is 1. The first-order valence-corrected chi connectivity index (χ1v) is 7.71. The van der Waals surface area contributed by atoms with Gasteiger partial charge in [-0.25, -0.2) is 0 Å². The van der Waals surface area contributed by atoms with Gasteiger partial charge in [-0.3, -0.25) is 0 Å². The van der Waals surface area contributed by atoms with Gasteiger partial charge in [0.2, 0.25) is 0 Å². The van der Waals surface area contributed by atoms with E-state index in [-0.39, 0.29) is 6.10 Å². The minimum absolute atomic E-state index is 0.229. The molecule has 1 heterocycles. The lowest BCUT2D eigenvalue weighted by Crippen LogP contribution is -2.24. The summed E-state index contributed by atoms with van der Waals surface area (Å²) in [4.78, 5) is 1.28. The summed E-state index contributed by atoms with van der Waals surface area (Å²) in [6.45, 7) is 0.840. The molecule has 98 valence electrons. The molecule has 1 aliphatic rings. The highest BCUT2D eigenvalue weighted by atomic mass is 32.2. The molecule has 0 spiro atoms. The zero-order valence-electron chi connectivity index (χ0n) is 10.9. The topological polar surface area (TPSA) is 21.3 Å². The van der Waals surface area contributed by atoms with Crippen LogP contribution in [0, 0.1) is 0 Å². The van der Waals surface area contributed by atoms with E-state index >= 15 is 0 Å². The van der Waals surface area contributed by atoms with Crippen molar-refractivity contribution in [2.75, 3.05) is 18.1 Å². The smallest absolute Gasteiger partial charge is 0.123 e. The Balaban J connectivity index is 1.63. The summed E-state index contributed by atoms with van der Waals surface area (Å²) in [6.07, 6.45) is 3.32. The SMILES string of the molecule is CSc1ccccc1NCC1Cc2ccccc2O1. The molecule has 0 saturated heterocycles. The third-order valence-electron chi connectivity index (χ3n) is 3.34. The Morgan fingerprint density at radius 3 is 2.79 bits per heavy atom. The van der Waals surface area contributed by atoms with Crippen LogP contribution in [0.4, 0.5) is 5.69 Å². The molecular weight excluding hydrogens is 254 g/mol. The molecular formula is C16H17NOS. The van der Waals surface area contributed by atoms with E-state index < -0.39 is 0 Å². The number of hydrogen-bond acceptors (Lipinski definition) is 3. The first-order valence-electron chi connectivity index (χ1n) is 6.48. The molecule has 2 nitrogen and oxygen atoms in total. The standard InChI is InChI=1S/C16H17NOS/c1-19-16-9-5-3-7-14(16)17-11-13-10-12-6-2-4-8-15(12)18-13/h2-9,13,17H,10-11H2,1H3. The molecule has 0 saturated carbocycles. The van der Waals surface area contributed by atoms with Crippen molar-refractivity contribution in [2.24, 2.45) is 0 Å². The average molecular weight is 271 g/mol. The fourth-order valence-corrected chi connectivity index (χ4v) is 2.96. The summed E-state index contributed by atoms with van der Waals surface area (Å²) < 4.78 is 5.93. The van der Waals surface area contributed by atoms with E-state index in [0.717, 1.165) is 18.7 Å². The largest absolute Gasteiger partial charge is 0.488 e. The van der Waals surface area contributed by atoms with Gasteiger partial charge in [-0.2, -0.15) is 0 Å². The van der Waals surface area contributed by atoms with Crippen LogP contribution in [0.5, 0.6) is 5.75 Å². The Morgan fingerprint density at radius 2 is 1.95 bits per heavy atom. The van der Waals surface area contributed by atoms with Gasteiger partial charge < -0.3 is 10.1 Å². The summed E-state index contributed by atoms with van der Waals surface area (Å²) >= 11 is 1.76. The summed E-state index contributed by atoms with van der Waals surface area (Å²) in [5, 5.41) is 3.50. The first-order chi connectivity index (χ1) is 9.36. The molecule has 0 aliphatic carbocycles. The van der Waals surface area contributed by atoms with Crippen LogP contribution in [0.2, 0.25) is 0 Å². The summed E-state index contributed by atoms with van der Waals surface area (Å²) in [5.74, 6) is 1.03. The third-order valence-corrected chi connectivity index (χ3v) is 4.14. The summed E-state index contributed by atoms with van der Waals surface area (Å²) in [5.41, 5.74) is 2.50. The van der Waals surface area contributed by atoms with Crippen molar-refractivity contribution < 1.29 is 4.74 Å². The molecule has 3 rings (SSSR count). The zero-order chi connectivity index (χ0) is 13.1. The van der Waals surface area contributed by atoms with Crippen LogP contribution in [-0.4, -0.2) is 18.9 Å². The van der Waals surface area contributed by atoms with E-state index in [4.69, 9.17) is 4.74 Å². The second-order valence-corrected chi connectivity index (χ2v) is 5.48. The van der Waals surface area contributed by atoms with Gasteiger partial charge in [0.1, 0.15) is 11.9 Å². The second kappa shape index (κ2) is 5.57. The molecule has 0 amide bonds. The van der Waals surface area contributed by atoms with Crippen LogP contribution in [0.1, 0.15) is 5.56 Å². The fraction of sp³-hybridized carbons (Fsp3) is 0.250. The van der Waals surface area contributed by atoms with E-state index in [1.54, 1.807) is 11.8 Å². The molecule has 2 aromatic rings. The highest BCUT2D eigenvalue weighted by molar-refractivity contribution is 7.98. The number of thioether (sulfide) groups is 1. The maximum Gasteiger partial charge on any atom is 0.123 e. The van der Waals surface area contributed by atoms with E-state index in [2.05, 4.69) is 48.0 Å². The van der Waals surface area contributed by atoms with Crippen LogP contribution in [0.3, 0.4) is 0 Å². The Kier molecular flexibility index (Phi) is 3.65. The Bertz CT molecular complexity index is 545. The monoisotopic (exact) mass is 271 g/mol. The highest BCUT2D eigenvalue weighted by Gasteiger charge is 2.21. The normalized spacial score (nSPS) is 16.8. The summed E-state index contributed by atoms with van der Waals surface area (Å²) in [7, 11) is 0. The van der Waals surface area contributed by atoms with Crippen LogP contribution in [0.15, 0.2) is 53.4 Å². The van der Waals surface area contributed by atoms with Crippen molar-refractivity contribution in [2.45, 2.75) is 17.4 Å². The van der Waals surface area contributed by atoms with Gasteiger partial charge in [0.25, 0.3) is 0 Å². The lowest BCUT2D eigenvalue weighted by molar-refractivity contribution is 0.246. The molecule has 3 heteroatoms. The Labute approximate surface area is 118 Å². The van der Waals surface area contributed by atoms with Gasteiger partial charge in [0, 0.05) is 17.0 Å². The van der Waals surface area contributed by atoms with Gasteiger partial charge in [0.05, 0.1) is 6.54 Å². The molecule has 1 aliphatic heterocycles. The molecule has 1 unspecified atom stereocenters. The number of anilines is 1. The molecule has 0 bridgehead atoms. The zero-order valence-corrected chi connectivity index (χ0v) is 11.7. The number of fused-ring (bicyclic) bond motifs is 1. The van der Waals surface area contributed by atoms with Gasteiger partial charge in [-0.15, -0.1) is 11.8 Å². The van der Waals surface area contributed by atoms with Gasteiger partial charge in [-0.05, 0) is 30.0 Å². The van der Waals surface area contributed by atoms with Crippen molar-refractivity contribution in [3.8, 4) is 5.75 Å². The predicted molar refractivity (Wildman–Crippen MR) is 81.3 cm³/mol. The second-order valence-electron chi connectivity index (χ2n) is 4.63. The number of nitrogens with one attached hydrogen (secondary N) is 1. The maximum atomic E-state index is 5.93. The molecule has 1 atom stereocenters. The third kappa shape index (κ3) is 2.71. The van der Waals surface area contributed by atoms with Crippen molar-refractivity contribution in [3.05, 3.63) is 54.1 Å². The van der Waals surface area contributed by atoms with E-state index in [1.807, 2.05) is 12.1 Å².